The Bertz CT molecular complexity index is 1820. The van der Waals surface area contributed by atoms with E-state index in [-0.39, 0.29) is 37.4 Å². The van der Waals surface area contributed by atoms with E-state index in [1.807, 2.05) is 37.8 Å². The minimum absolute atomic E-state index is 0.00292. The Morgan fingerprint density at radius 3 is 2.00 bits per heavy atom. The zero-order valence-corrected chi connectivity index (χ0v) is 29.8. The van der Waals surface area contributed by atoms with E-state index in [1.165, 1.54) is 30.3 Å². The first kappa shape index (κ1) is 40.1. The van der Waals surface area contributed by atoms with Gasteiger partial charge in [0.15, 0.2) is 17.5 Å². The van der Waals surface area contributed by atoms with E-state index in [0.717, 1.165) is 42.4 Å². The molecule has 4 rings (SSSR count). The van der Waals surface area contributed by atoms with E-state index in [4.69, 9.17) is 0 Å². The summed E-state index contributed by atoms with van der Waals surface area (Å²) < 4.78 is 95.8. The Morgan fingerprint density at radius 2 is 1.42 bits per heavy atom. The number of halogens is 7. The average Bonchev–Trinajstić information content (AvgIpc) is 3.12. The fourth-order valence-corrected chi connectivity index (χ4v) is 6.07. The van der Waals surface area contributed by atoms with Gasteiger partial charge in [-0.3, -0.25) is 4.79 Å². The summed E-state index contributed by atoms with van der Waals surface area (Å²) in [5.41, 5.74) is 3.02. The predicted octanol–water partition coefficient (Wildman–Crippen LogP) is 10.2. The van der Waals surface area contributed by atoms with E-state index < -0.39 is 41.1 Å². The first-order valence-electron chi connectivity index (χ1n) is 17.2. The molecule has 4 nitrogen and oxygen atoms in total. The topological polar surface area (TPSA) is 26.8 Å². The van der Waals surface area contributed by atoms with Crippen molar-refractivity contribution < 1.29 is 35.5 Å². The third-order valence-electron chi connectivity index (χ3n) is 9.32. The van der Waals surface area contributed by atoms with Crippen LogP contribution < -0.4 is 4.90 Å². The molecular formula is C41H44F7N3O. The van der Waals surface area contributed by atoms with Crippen LogP contribution in [0.25, 0.3) is 16.7 Å². The minimum atomic E-state index is -4.43. The zero-order valence-electron chi connectivity index (χ0n) is 29.8. The molecule has 278 valence electrons. The van der Waals surface area contributed by atoms with Crippen molar-refractivity contribution in [2.45, 2.75) is 59.3 Å². The second kappa shape index (κ2) is 17.7. The summed E-state index contributed by atoms with van der Waals surface area (Å²) in [7, 11) is 0. The van der Waals surface area contributed by atoms with E-state index in [0.29, 0.717) is 35.5 Å². The van der Waals surface area contributed by atoms with Crippen LogP contribution in [0.15, 0.2) is 85.4 Å². The van der Waals surface area contributed by atoms with Gasteiger partial charge in [-0.25, -0.2) is 17.6 Å². The highest BCUT2D eigenvalue weighted by Crippen LogP contribution is 2.32. The van der Waals surface area contributed by atoms with Crippen LogP contribution in [0.2, 0.25) is 0 Å². The number of benzene rings is 4. The summed E-state index contributed by atoms with van der Waals surface area (Å²) >= 11 is 0. The third-order valence-corrected chi connectivity index (χ3v) is 9.32. The van der Waals surface area contributed by atoms with Gasteiger partial charge in [0.1, 0.15) is 5.82 Å². The monoisotopic (exact) mass is 727 g/mol. The molecule has 52 heavy (non-hydrogen) atoms. The van der Waals surface area contributed by atoms with Crippen molar-refractivity contribution >= 4 is 17.2 Å². The quantitative estimate of drug-likeness (QED) is 0.0850. The fraction of sp³-hybridized carbons (Fsp3) is 0.341. The van der Waals surface area contributed by atoms with Gasteiger partial charge in [0, 0.05) is 36.9 Å². The average molecular weight is 728 g/mol. The van der Waals surface area contributed by atoms with Crippen LogP contribution in [-0.4, -0.2) is 54.5 Å². The number of aryl methyl sites for hydroxylation is 1. The molecule has 0 aromatic heterocycles. The Kier molecular flexibility index (Phi) is 13.7. The van der Waals surface area contributed by atoms with Crippen LogP contribution in [-0.2, 0) is 23.9 Å². The number of amides is 1. The van der Waals surface area contributed by atoms with E-state index in [1.54, 1.807) is 30.0 Å². The Balaban J connectivity index is 1.62. The number of hydrogen-bond donors (Lipinski definition) is 0. The maximum Gasteiger partial charge on any atom is 0.416 e. The predicted molar refractivity (Wildman–Crippen MR) is 193 cm³/mol. The molecule has 1 unspecified atom stereocenters. The Morgan fingerprint density at radius 1 is 0.808 bits per heavy atom. The molecule has 0 radical (unpaired) electrons. The van der Waals surface area contributed by atoms with Crippen molar-refractivity contribution in [2.24, 2.45) is 0 Å². The number of carbonyl (C=O) groups excluding carboxylic acids is 1. The number of nitrogens with zero attached hydrogens (tertiary/aromatic N) is 3. The van der Waals surface area contributed by atoms with Crippen molar-refractivity contribution in [3.8, 4) is 11.1 Å². The largest absolute Gasteiger partial charge is 0.416 e. The van der Waals surface area contributed by atoms with Crippen molar-refractivity contribution in [3.63, 3.8) is 0 Å². The molecule has 4 aromatic rings. The van der Waals surface area contributed by atoms with Gasteiger partial charge in [0.2, 0.25) is 5.91 Å². The number of alkyl halides is 3. The van der Waals surface area contributed by atoms with Crippen LogP contribution in [0, 0.1) is 23.3 Å². The molecule has 0 aliphatic carbocycles. The molecule has 0 heterocycles. The van der Waals surface area contributed by atoms with Crippen LogP contribution in [0.5, 0.6) is 0 Å². The van der Waals surface area contributed by atoms with Crippen LogP contribution in [0.1, 0.15) is 56.4 Å². The van der Waals surface area contributed by atoms with Gasteiger partial charge in [-0.05, 0) is 104 Å². The number of hydrogen-bond acceptors (Lipinski definition) is 3. The SMILES string of the molecule is C=C(C)c1cc(F)ccc1N(CC(=O)N(CCN(CC)CC)Cc1ccc(-c2ccc(C(F)(F)F)cc2)cc1)C(C)CCc1ccc(F)c(F)c1F. The van der Waals surface area contributed by atoms with Crippen LogP contribution in [0.3, 0.4) is 0 Å². The van der Waals surface area contributed by atoms with Gasteiger partial charge in [0.25, 0.3) is 0 Å². The van der Waals surface area contributed by atoms with Crippen LogP contribution >= 0.6 is 0 Å². The number of carbonyl (C=O) groups is 1. The maximum atomic E-state index is 14.6. The highest BCUT2D eigenvalue weighted by molar-refractivity contribution is 5.84. The normalized spacial score (nSPS) is 12.2. The van der Waals surface area contributed by atoms with E-state index in [9.17, 15) is 35.5 Å². The second-order valence-corrected chi connectivity index (χ2v) is 12.9. The van der Waals surface area contributed by atoms with Crippen molar-refractivity contribution in [2.75, 3.05) is 37.6 Å². The van der Waals surface area contributed by atoms with Gasteiger partial charge < -0.3 is 14.7 Å². The molecule has 0 fully saturated rings. The first-order valence-corrected chi connectivity index (χ1v) is 17.2. The summed E-state index contributed by atoms with van der Waals surface area (Å²) in [6.07, 6.45) is -4.12. The summed E-state index contributed by atoms with van der Waals surface area (Å²) in [4.78, 5) is 20.0. The number of likely N-dealkylation sites (N-methyl/N-ethyl adjacent to an activating group) is 1. The molecule has 0 N–H and O–H groups in total. The zero-order chi connectivity index (χ0) is 38.2. The summed E-state index contributed by atoms with van der Waals surface area (Å²) in [5, 5.41) is 0. The Hall–Kier alpha value is -4.64. The lowest BCUT2D eigenvalue weighted by atomic mass is 10.0. The molecule has 0 aliphatic heterocycles. The van der Waals surface area contributed by atoms with Gasteiger partial charge in [-0.2, -0.15) is 13.2 Å². The molecule has 0 saturated heterocycles. The minimum Gasteiger partial charge on any atom is -0.359 e. The summed E-state index contributed by atoms with van der Waals surface area (Å²) in [6.45, 7) is 14.3. The van der Waals surface area contributed by atoms with Gasteiger partial charge in [-0.15, -0.1) is 0 Å². The van der Waals surface area contributed by atoms with E-state index in [2.05, 4.69) is 11.5 Å². The molecule has 11 heteroatoms. The number of allylic oxidation sites excluding steroid dienone is 1. The number of rotatable bonds is 16. The van der Waals surface area contributed by atoms with Crippen molar-refractivity contribution in [1.29, 1.82) is 0 Å². The van der Waals surface area contributed by atoms with Crippen LogP contribution in [0.4, 0.5) is 36.4 Å². The first-order chi connectivity index (χ1) is 24.6. The maximum absolute atomic E-state index is 14.6. The highest BCUT2D eigenvalue weighted by atomic mass is 19.4. The van der Waals surface area contributed by atoms with Gasteiger partial charge >= 0.3 is 6.18 Å². The van der Waals surface area contributed by atoms with Crippen molar-refractivity contribution in [1.82, 2.24) is 9.80 Å². The molecule has 4 aromatic carbocycles. The molecule has 0 aliphatic rings. The smallest absolute Gasteiger partial charge is 0.359 e. The molecule has 0 spiro atoms. The summed E-state index contributed by atoms with van der Waals surface area (Å²) in [5.74, 6) is -4.80. The second-order valence-electron chi connectivity index (χ2n) is 12.9. The highest BCUT2D eigenvalue weighted by Gasteiger charge is 2.30. The van der Waals surface area contributed by atoms with Gasteiger partial charge in [-0.1, -0.05) is 62.9 Å². The van der Waals surface area contributed by atoms with Crippen molar-refractivity contribution in [3.05, 3.63) is 131 Å². The molecule has 0 saturated carbocycles. The third kappa shape index (κ3) is 10.2. The lowest BCUT2D eigenvalue weighted by Crippen LogP contribution is -2.46. The molecule has 1 atom stereocenters. The number of anilines is 1. The lowest BCUT2D eigenvalue weighted by molar-refractivity contribution is -0.137. The fourth-order valence-electron chi connectivity index (χ4n) is 6.07. The lowest BCUT2D eigenvalue weighted by Gasteiger charge is -2.35. The molecule has 0 bridgehead atoms. The van der Waals surface area contributed by atoms with Gasteiger partial charge in [0.05, 0.1) is 12.1 Å². The molecular weight excluding hydrogens is 683 g/mol. The Labute approximate surface area is 301 Å². The molecule has 1 amide bonds. The summed E-state index contributed by atoms with van der Waals surface area (Å²) in [6, 6.07) is 18.0. The van der Waals surface area contributed by atoms with E-state index >= 15 is 0 Å². The standard InChI is InChI=1S/C41H44F7N3O/c1-6-49(7-2)22-23-50(25-29-9-12-30(13-10-29)31-14-17-33(18-15-31)41(46,47)48)38(52)26-51(37-21-19-34(42)24-35(37)27(3)4)28(5)8-11-32-16-20-36(43)40(45)39(32)44/h9-10,12-21,24,28H,3,6-8,11,22-23,25-26H2,1-2,4-5H3.